The number of allylic oxidation sites excluding steroid dienone is 1. The summed E-state index contributed by atoms with van der Waals surface area (Å²) in [7, 11) is 1.57. The second-order valence-corrected chi connectivity index (χ2v) is 9.87. The number of hydrogen-bond donors (Lipinski definition) is 0. The quantitative estimate of drug-likeness (QED) is 0.310. The second kappa shape index (κ2) is 11.5. The number of fused-ring (bicyclic) bond motifs is 1. The van der Waals surface area contributed by atoms with E-state index in [9.17, 15) is 9.59 Å². The molecule has 8 heteroatoms. The molecule has 5 rings (SSSR count). The van der Waals surface area contributed by atoms with Crippen LogP contribution in [0.1, 0.15) is 36.6 Å². The first-order valence-electron chi connectivity index (χ1n) is 12.6. The third-order valence-corrected chi connectivity index (χ3v) is 7.38. The van der Waals surface area contributed by atoms with E-state index in [4.69, 9.17) is 14.2 Å². The van der Waals surface area contributed by atoms with Crippen LogP contribution in [-0.2, 0) is 16.1 Å². The average Bonchev–Trinajstić information content (AvgIpc) is 3.26. The van der Waals surface area contributed by atoms with Gasteiger partial charge in [0.25, 0.3) is 5.56 Å². The Labute approximate surface area is 229 Å². The topological polar surface area (TPSA) is 79.1 Å². The van der Waals surface area contributed by atoms with Gasteiger partial charge in [0.15, 0.2) is 4.80 Å². The number of benzene rings is 3. The van der Waals surface area contributed by atoms with Crippen molar-refractivity contribution in [2.75, 3.05) is 13.7 Å². The highest BCUT2D eigenvalue weighted by Gasteiger charge is 2.34. The molecule has 7 nitrogen and oxygen atoms in total. The standard InChI is InChI=1S/C31H28N2O5S/c1-4-37-30(35)27-20(2)32-31-33(28(27)23-15-9-11-17-25(23)36-3)29(34)26(39-31)18-22-14-8-10-16-24(22)38-19-21-12-6-5-7-13-21/h5-18,28H,4,19H2,1-3H3/b26-18+/t28-/m0/s1. The molecule has 1 aliphatic rings. The summed E-state index contributed by atoms with van der Waals surface area (Å²) in [5.74, 6) is 0.716. The maximum Gasteiger partial charge on any atom is 0.338 e. The number of carbonyl (C=O) groups excluding carboxylic acids is 1. The first kappa shape index (κ1) is 26.2. The van der Waals surface area contributed by atoms with Crippen LogP contribution in [0.4, 0.5) is 0 Å². The van der Waals surface area contributed by atoms with Crippen LogP contribution >= 0.6 is 11.3 Å². The number of hydrogen-bond acceptors (Lipinski definition) is 7. The van der Waals surface area contributed by atoms with E-state index in [0.717, 1.165) is 11.1 Å². The van der Waals surface area contributed by atoms with Crippen molar-refractivity contribution in [2.45, 2.75) is 26.5 Å². The molecule has 1 aliphatic heterocycles. The lowest BCUT2D eigenvalue weighted by molar-refractivity contribution is -0.139. The monoisotopic (exact) mass is 540 g/mol. The Morgan fingerprint density at radius 3 is 2.44 bits per heavy atom. The number of methoxy groups -OCH3 is 1. The van der Waals surface area contributed by atoms with Crippen molar-refractivity contribution in [3.05, 3.63) is 127 Å². The minimum absolute atomic E-state index is 0.207. The largest absolute Gasteiger partial charge is 0.496 e. The van der Waals surface area contributed by atoms with Crippen LogP contribution in [0.3, 0.4) is 0 Å². The molecule has 3 aromatic carbocycles. The summed E-state index contributed by atoms with van der Waals surface area (Å²) in [4.78, 5) is 32.2. The number of rotatable bonds is 8. The fraction of sp³-hybridized carbons (Fsp3) is 0.194. The molecular weight excluding hydrogens is 512 g/mol. The summed E-state index contributed by atoms with van der Waals surface area (Å²) in [6.45, 7) is 4.12. The molecule has 0 saturated heterocycles. The Morgan fingerprint density at radius 1 is 1.00 bits per heavy atom. The van der Waals surface area contributed by atoms with E-state index in [0.29, 0.717) is 44.3 Å². The highest BCUT2D eigenvalue weighted by atomic mass is 32.1. The molecule has 0 unspecified atom stereocenters. The van der Waals surface area contributed by atoms with Crippen LogP contribution < -0.4 is 24.4 Å². The summed E-state index contributed by atoms with van der Waals surface area (Å²) in [6, 6.07) is 24.1. The lowest BCUT2D eigenvalue weighted by atomic mass is 9.95. The molecule has 0 bridgehead atoms. The molecule has 198 valence electrons. The molecule has 2 heterocycles. The van der Waals surface area contributed by atoms with Crippen molar-refractivity contribution in [1.82, 2.24) is 4.57 Å². The normalized spacial score (nSPS) is 14.9. The molecular formula is C31H28N2O5S. The average molecular weight is 541 g/mol. The molecule has 0 aliphatic carbocycles. The summed E-state index contributed by atoms with van der Waals surface area (Å²) in [6.07, 6.45) is 1.81. The molecule has 1 aromatic heterocycles. The van der Waals surface area contributed by atoms with E-state index >= 15 is 0 Å². The molecule has 4 aromatic rings. The number of nitrogens with zero attached hydrogens (tertiary/aromatic N) is 2. The molecule has 0 fully saturated rings. The lowest BCUT2D eigenvalue weighted by Crippen LogP contribution is -2.40. The van der Waals surface area contributed by atoms with Gasteiger partial charge < -0.3 is 14.2 Å². The lowest BCUT2D eigenvalue weighted by Gasteiger charge is -2.25. The Kier molecular flexibility index (Phi) is 7.74. The maximum atomic E-state index is 14.0. The van der Waals surface area contributed by atoms with Crippen molar-refractivity contribution >= 4 is 23.4 Å². The third kappa shape index (κ3) is 5.28. The summed E-state index contributed by atoms with van der Waals surface area (Å²) in [5.41, 5.74) is 3.05. The smallest absolute Gasteiger partial charge is 0.338 e. The SMILES string of the molecule is CCOC(=O)C1=C(C)N=c2s/c(=C/c3ccccc3OCc3ccccc3)c(=O)n2[C@H]1c1ccccc1OC. The van der Waals surface area contributed by atoms with Gasteiger partial charge in [-0.1, -0.05) is 78.1 Å². The van der Waals surface area contributed by atoms with Gasteiger partial charge in [0.2, 0.25) is 0 Å². The number of ether oxygens (including phenoxy) is 3. The van der Waals surface area contributed by atoms with Crippen molar-refractivity contribution in [3.63, 3.8) is 0 Å². The fourth-order valence-electron chi connectivity index (χ4n) is 4.59. The maximum absolute atomic E-state index is 14.0. The Hall–Kier alpha value is -4.43. The van der Waals surface area contributed by atoms with E-state index in [2.05, 4.69) is 4.99 Å². The van der Waals surface area contributed by atoms with Gasteiger partial charge >= 0.3 is 5.97 Å². The van der Waals surface area contributed by atoms with Gasteiger partial charge in [-0.25, -0.2) is 9.79 Å². The van der Waals surface area contributed by atoms with Crippen molar-refractivity contribution in [3.8, 4) is 11.5 Å². The van der Waals surface area contributed by atoms with Gasteiger partial charge in [-0.2, -0.15) is 0 Å². The van der Waals surface area contributed by atoms with Crippen LogP contribution in [0.25, 0.3) is 6.08 Å². The molecule has 1 atom stereocenters. The van der Waals surface area contributed by atoms with E-state index < -0.39 is 12.0 Å². The zero-order valence-corrected chi connectivity index (χ0v) is 22.7. The zero-order valence-electron chi connectivity index (χ0n) is 21.9. The van der Waals surface area contributed by atoms with Crippen molar-refractivity contribution in [2.24, 2.45) is 4.99 Å². The highest BCUT2D eigenvalue weighted by molar-refractivity contribution is 7.07. The predicted molar refractivity (Wildman–Crippen MR) is 151 cm³/mol. The molecule has 0 radical (unpaired) electrons. The third-order valence-electron chi connectivity index (χ3n) is 6.39. The van der Waals surface area contributed by atoms with E-state index in [1.165, 1.54) is 11.3 Å². The minimum atomic E-state index is -0.747. The highest BCUT2D eigenvalue weighted by Crippen LogP contribution is 2.35. The predicted octanol–water partition coefficient (Wildman–Crippen LogP) is 4.39. The fourth-order valence-corrected chi connectivity index (χ4v) is 5.62. The molecule has 0 amide bonds. The number of esters is 1. The molecule has 0 N–H and O–H groups in total. The Bertz CT molecular complexity index is 1720. The molecule has 0 saturated carbocycles. The zero-order chi connectivity index (χ0) is 27.4. The van der Waals surface area contributed by atoms with Gasteiger partial charge in [0, 0.05) is 11.1 Å². The number of carbonyl (C=O) groups is 1. The van der Waals surface area contributed by atoms with Gasteiger partial charge in [-0.15, -0.1) is 0 Å². The second-order valence-electron chi connectivity index (χ2n) is 8.86. The minimum Gasteiger partial charge on any atom is -0.496 e. The first-order chi connectivity index (χ1) is 19.0. The van der Waals surface area contributed by atoms with Crippen molar-refractivity contribution < 1.29 is 19.0 Å². The Morgan fingerprint density at radius 2 is 1.69 bits per heavy atom. The number of aromatic nitrogens is 1. The van der Waals surface area contributed by atoms with Crippen LogP contribution in [0.5, 0.6) is 11.5 Å². The van der Waals surface area contributed by atoms with Crippen LogP contribution in [0.15, 0.2) is 99.9 Å². The van der Waals surface area contributed by atoms with Crippen molar-refractivity contribution in [1.29, 1.82) is 0 Å². The van der Waals surface area contributed by atoms with Crippen LogP contribution in [-0.4, -0.2) is 24.3 Å². The summed E-state index contributed by atoms with van der Waals surface area (Å²) >= 11 is 1.27. The summed E-state index contributed by atoms with van der Waals surface area (Å²) < 4.78 is 19.1. The molecule has 0 spiro atoms. The number of thiazole rings is 1. The molecule has 39 heavy (non-hydrogen) atoms. The van der Waals surface area contributed by atoms with Crippen LogP contribution in [0, 0.1) is 0 Å². The van der Waals surface area contributed by atoms with E-state index in [1.807, 2.05) is 84.9 Å². The van der Waals surface area contributed by atoms with E-state index in [-0.39, 0.29) is 12.2 Å². The van der Waals surface area contributed by atoms with Gasteiger partial charge in [0.1, 0.15) is 24.1 Å². The Balaban J connectivity index is 1.63. The van der Waals surface area contributed by atoms with E-state index in [1.54, 1.807) is 25.5 Å². The number of para-hydroxylation sites is 2. The van der Waals surface area contributed by atoms with Gasteiger partial charge in [0.05, 0.1) is 29.5 Å². The van der Waals surface area contributed by atoms with Gasteiger partial charge in [-0.05, 0) is 37.6 Å². The summed E-state index contributed by atoms with van der Waals surface area (Å²) in [5, 5.41) is 0. The van der Waals surface area contributed by atoms with Gasteiger partial charge in [-0.3, -0.25) is 9.36 Å². The first-order valence-corrected chi connectivity index (χ1v) is 13.4. The van der Waals surface area contributed by atoms with Crippen LogP contribution in [0.2, 0.25) is 0 Å².